The summed E-state index contributed by atoms with van der Waals surface area (Å²) in [5.74, 6) is 0. The summed E-state index contributed by atoms with van der Waals surface area (Å²) >= 11 is 0. The molecule has 0 radical (unpaired) electrons. The minimum absolute atomic E-state index is 1.11. The van der Waals surface area contributed by atoms with Crippen LogP contribution < -0.4 is 4.90 Å². The van der Waals surface area contributed by atoms with Crippen LogP contribution in [0.3, 0.4) is 0 Å². The molecule has 0 unspecified atom stereocenters. The van der Waals surface area contributed by atoms with Gasteiger partial charge >= 0.3 is 0 Å². The molecule has 11 rings (SSSR count). The summed E-state index contributed by atoms with van der Waals surface area (Å²) in [4.78, 5) is 2.35. The van der Waals surface area contributed by atoms with Gasteiger partial charge in [0.1, 0.15) is 0 Å². The van der Waals surface area contributed by atoms with Crippen molar-refractivity contribution in [3.63, 3.8) is 0 Å². The molecular weight excluding hydrogens is 725 g/mol. The van der Waals surface area contributed by atoms with Crippen LogP contribution in [0.15, 0.2) is 243 Å². The van der Waals surface area contributed by atoms with Crippen molar-refractivity contribution in [1.82, 2.24) is 4.57 Å². The topological polar surface area (TPSA) is 8.17 Å². The Morgan fingerprint density at radius 2 is 0.750 bits per heavy atom. The third kappa shape index (κ3) is 6.32. The minimum Gasteiger partial charge on any atom is -0.310 e. The molecule has 0 spiro atoms. The van der Waals surface area contributed by atoms with E-state index in [0.717, 1.165) is 22.7 Å². The van der Waals surface area contributed by atoms with Crippen LogP contribution in [-0.4, -0.2) is 4.57 Å². The van der Waals surface area contributed by atoms with Gasteiger partial charge in [-0.3, -0.25) is 0 Å². The van der Waals surface area contributed by atoms with E-state index in [-0.39, 0.29) is 0 Å². The molecule has 0 N–H and O–H groups in total. The van der Waals surface area contributed by atoms with Crippen LogP contribution in [-0.2, 0) is 0 Å². The van der Waals surface area contributed by atoms with Crippen molar-refractivity contribution in [3.05, 3.63) is 243 Å². The van der Waals surface area contributed by atoms with E-state index in [4.69, 9.17) is 0 Å². The third-order valence-corrected chi connectivity index (χ3v) is 11.8. The number of aromatic nitrogens is 1. The van der Waals surface area contributed by atoms with Crippen LogP contribution in [0.1, 0.15) is 0 Å². The normalized spacial score (nSPS) is 11.3. The average Bonchev–Trinajstić information content (AvgIpc) is 3.67. The fraction of sp³-hybridized carbons (Fsp3) is 0. The van der Waals surface area contributed by atoms with E-state index in [2.05, 4.69) is 252 Å². The quantitative estimate of drug-likeness (QED) is 0.150. The summed E-state index contributed by atoms with van der Waals surface area (Å²) in [5, 5.41) is 4.98. The maximum atomic E-state index is 2.44. The van der Waals surface area contributed by atoms with Gasteiger partial charge in [0.25, 0.3) is 0 Å². The largest absolute Gasteiger partial charge is 0.310 e. The van der Waals surface area contributed by atoms with Gasteiger partial charge in [-0.2, -0.15) is 0 Å². The predicted octanol–water partition coefficient (Wildman–Crippen LogP) is 16.1. The minimum atomic E-state index is 1.11. The van der Waals surface area contributed by atoms with Gasteiger partial charge in [-0.25, -0.2) is 0 Å². The van der Waals surface area contributed by atoms with Crippen LogP contribution in [0.4, 0.5) is 17.1 Å². The van der Waals surface area contributed by atoms with Crippen molar-refractivity contribution in [2.75, 3.05) is 4.90 Å². The second-order valence-corrected chi connectivity index (χ2v) is 15.3. The smallest absolute Gasteiger partial charge is 0.0547 e. The zero-order chi connectivity index (χ0) is 39.8. The highest BCUT2D eigenvalue weighted by atomic mass is 15.1. The van der Waals surface area contributed by atoms with Crippen LogP contribution in [0.5, 0.6) is 0 Å². The lowest BCUT2D eigenvalue weighted by atomic mass is 9.98. The Kier molecular flexibility index (Phi) is 8.87. The van der Waals surface area contributed by atoms with Gasteiger partial charge in [0.15, 0.2) is 0 Å². The standard InChI is InChI=1S/C58H40N2/c1-3-14-41(15-4-1)44-30-35-49(36-31-44)59(51-39-34-42-16-7-8-19-48(42)40-51)50-37-32-45(33-38-50)43-26-28-47(29-27-43)52-20-9-11-23-55(52)60-56-24-12-10-21-54(56)58-53(22-13-25-57(58)60)46-17-5-2-6-18-46/h1-40H. The van der Waals surface area contributed by atoms with E-state index in [0.29, 0.717) is 0 Å². The van der Waals surface area contributed by atoms with Gasteiger partial charge in [0, 0.05) is 33.4 Å². The van der Waals surface area contributed by atoms with Gasteiger partial charge in [-0.15, -0.1) is 0 Å². The van der Waals surface area contributed by atoms with E-state index >= 15 is 0 Å². The molecule has 0 aliphatic carbocycles. The molecule has 282 valence electrons. The molecule has 0 aliphatic rings. The number of benzene rings is 10. The zero-order valence-corrected chi connectivity index (χ0v) is 33.0. The highest BCUT2D eigenvalue weighted by Crippen LogP contribution is 2.42. The number of fused-ring (bicyclic) bond motifs is 4. The number of anilines is 3. The lowest BCUT2D eigenvalue weighted by Crippen LogP contribution is -2.09. The molecule has 0 amide bonds. The van der Waals surface area contributed by atoms with E-state index in [9.17, 15) is 0 Å². The van der Waals surface area contributed by atoms with Crippen LogP contribution in [0.25, 0.3) is 82.8 Å². The molecule has 0 fully saturated rings. The number of nitrogens with zero attached hydrogens (tertiary/aromatic N) is 2. The summed E-state index contributed by atoms with van der Waals surface area (Å²) in [6.45, 7) is 0. The molecule has 2 heteroatoms. The fourth-order valence-electron chi connectivity index (χ4n) is 8.89. The van der Waals surface area contributed by atoms with Gasteiger partial charge in [0.2, 0.25) is 0 Å². The molecule has 0 aliphatic heterocycles. The summed E-state index contributed by atoms with van der Waals surface area (Å²) in [7, 11) is 0. The van der Waals surface area contributed by atoms with Crippen molar-refractivity contribution in [2.24, 2.45) is 0 Å². The number of hydrogen-bond acceptors (Lipinski definition) is 1. The Labute approximate surface area is 350 Å². The Hall–Kier alpha value is -7.94. The van der Waals surface area contributed by atoms with Crippen molar-refractivity contribution < 1.29 is 0 Å². The summed E-state index contributed by atoms with van der Waals surface area (Å²) in [5.41, 5.74) is 16.5. The Balaban J connectivity index is 0.944. The molecule has 0 saturated heterocycles. The van der Waals surface area contributed by atoms with Gasteiger partial charge in [-0.1, -0.05) is 188 Å². The van der Waals surface area contributed by atoms with E-state index in [1.807, 2.05) is 0 Å². The van der Waals surface area contributed by atoms with Gasteiger partial charge < -0.3 is 9.47 Å². The molecule has 0 bridgehead atoms. The second kappa shape index (κ2) is 15.1. The lowest BCUT2D eigenvalue weighted by molar-refractivity contribution is 1.18. The first-order valence-electron chi connectivity index (χ1n) is 20.6. The zero-order valence-electron chi connectivity index (χ0n) is 33.0. The molecule has 11 aromatic rings. The molecule has 1 heterocycles. The van der Waals surface area contributed by atoms with Crippen molar-refractivity contribution in [1.29, 1.82) is 0 Å². The first-order chi connectivity index (χ1) is 29.8. The number of para-hydroxylation sites is 2. The maximum absolute atomic E-state index is 2.44. The molecular formula is C58H40N2. The molecule has 2 nitrogen and oxygen atoms in total. The molecule has 0 atom stereocenters. The van der Waals surface area contributed by atoms with E-state index in [1.54, 1.807) is 0 Å². The molecule has 10 aromatic carbocycles. The van der Waals surface area contributed by atoms with Gasteiger partial charge in [-0.05, 0) is 104 Å². The van der Waals surface area contributed by atoms with Crippen molar-refractivity contribution in [3.8, 4) is 50.2 Å². The summed E-state index contributed by atoms with van der Waals surface area (Å²) in [6, 6.07) is 87.7. The Morgan fingerprint density at radius 3 is 1.45 bits per heavy atom. The van der Waals surface area contributed by atoms with E-state index in [1.165, 1.54) is 77.1 Å². The Morgan fingerprint density at radius 1 is 0.283 bits per heavy atom. The molecule has 60 heavy (non-hydrogen) atoms. The molecule has 1 aromatic heterocycles. The monoisotopic (exact) mass is 764 g/mol. The highest BCUT2D eigenvalue weighted by molar-refractivity contribution is 6.16. The van der Waals surface area contributed by atoms with Crippen LogP contribution in [0, 0.1) is 0 Å². The van der Waals surface area contributed by atoms with Gasteiger partial charge in [0.05, 0.1) is 16.7 Å². The van der Waals surface area contributed by atoms with E-state index < -0.39 is 0 Å². The third-order valence-electron chi connectivity index (χ3n) is 11.8. The first-order valence-corrected chi connectivity index (χ1v) is 20.6. The maximum Gasteiger partial charge on any atom is 0.0547 e. The highest BCUT2D eigenvalue weighted by Gasteiger charge is 2.19. The molecule has 0 saturated carbocycles. The Bertz CT molecular complexity index is 3270. The van der Waals surface area contributed by atoms with Crippen molar-refractivity contribution in [2.45, 2.75) is 0 Å². The van der Waals surface area contributed by atoms with Crippen LogP contribution in [0.2, 0.25) is 0 Å². The fourth-order valence-corrected chi connectivity index (χ4v) is 8.89. The first kappa shape index (κ1) is 35.2. The number of hydrogen-bond donors (Lipinski definition) is 0. The average molecular weight is 765 g/mol. The predicted molar refractivity (Wildman–Crippen MR) is 255 cm³/mol. The summed E-state index contributed by atoms with van der Waals surface area (Å²) < 4.78 is 2.44. The second-order valence-electron chi connectivity index (χ2n) is 15.3. The SMILES string of the molecule is c1ccc(-c2ccc(N(c3ccc(-c4ccc(-c5ccccc5-n5c6ccccc6c6c(-c7ccccc7)cccc65)cc4)cc3)c3ccc4ccccc4c3)cc2)cc1. The van der Waals surface area contributed by atoms with Crippen LogP contribution >= 0.6 is 0 Å². The summed E-state index contributed by atoms with van der Waals surface area (Å²) in [6.07, 6.45) is 0. The van der Waals surface area contributed by atoms with Crippen molar-refractivity contribution >= 4 is 49.6 Å². The lowest BCUT2D eigenvalue weighted by Gasteiger charge is -2.26. The number of rotatable bonds is 8.